The number of rotatable bonds is 20. The van der Waals surface area contributed by atoms with Crippen molar-refractivity contribution in [1.29, 1.82) is 0 Å². The number of esters is 2. The predicted molar refractivity (Wildman–Crippen MR) is 151 cm³/mol. The summed E-state index contributed by atoms with van der Waals surface area (Å²) in [5.74, 6) is -1.53. The van der Waals surface area contributed by atoms with E-state index in [0.29, 0.717) is 18.1 Å². The summed E-state index contributed by atoms with van der Waals surface area (Å²) >= 11 is 4.53. The summed E-state index contributed by atoms with van der Waals surface area (Å²) < 4.78 is 42.1. The third-order valence-electron chi connectivity index (χ3n) is 6.57. The number of ether oxygens (including phenoxy) is 2. The largest absolute Gasteiger partial charge is 0.463 e. The lowest BCUT2D eigenvalue weighted by Gasteiger charge is -2.34. The minimum absolute atomic E-state index is 0.0360. The average Bonchev–Trinajstić information content (AvgIpc) is 2.77. The second-order valence-corrected chi connectivity index (χ2v) is 13.8. The average molecular weight is 584 g/mol. The maximum Gasteiger partial charge on any atom is 0.316 e. The van der Waals surface area contributed by atoms with E-state index in [1.165, 1.54) is 0 Å². The Balaban J connectivity index is 4.58. The highest BCUT2D eigenvalue weighted by Gasteiger charge is 2.43. The van der Waals surface area contributed by atoms with Crippen LogP contribution in [0.25, 0.3) is 0 Å². The molecule has 0 aliphatic carbocycles. The molecule has 10 nitrogen and oxygen atoms in total. The molecule has 0 aromatic rings. The van der Waals surface area contributed by atoms with Crippen molar-refractivity contribution in [2.75, 3.05) is 46.3 Å². The van der Waals surface area contributed by atoms with Gasteiger partial charge in [-0.2, -0.15) is 21.0 Å². The third-order valence-corrected chi connectivity index (χ3v) is 8.11. The van der Waals surface area contributed by atoms with Crippen molar-refractivity contribution in [3.8, 4) is 0 Å². The van der Waals surface area contributed by atoms with Crippen LogP contribution in [0.15, 0.2) is 0 Å². The molecule has 0 saturated carbocycles. The van der Waals surface area contributed by atoms with Gasteiger partial charge in [0.15, 0.2) is 0 Å². The first kappa shape index (κ1) is 36.6. The molecule has 2 unspecified atom stereocenters. The number of unbranched alkanes of at least 4 members (excludes halogenated alkanes) is 1. The lowest BCUT2D eigenvalue weighted by molar-refractivity contribution is -0.878. The zero-order valence-corrected chi connectivity index (χ0v) is 26.1. The second kappa shape index (κ2) is 16.7. The Kier molecular flexibility index (Phi) is 16.1. The Hall–Kier alpha value is -1.37. The molecule has 0 radical (unpaired) electrons. The SMILES string of the molecule is CCCC(S)CCCCC(=O)NCCOC(=O)C(C)(CC)CC(C)(C)C(=O)OCC[N+](C)(C)CS(=O)(=O)O. The van der Waals surface area contributed by atoms with Crippen molar-refractivity contribution in [3.63, 3.8) is 0 Å². The predicted octanol–water partition coefficient (Wildman–Crippen LogP) is 3.60. The number of carbonyl (C=O) groups excluding carboxylic acids is 3. The molecular weight excluding hydrogens is 532 g/mol. The van der Waals surface area contributed by atoms with E-state index in [4.69, 9.17) is 14.0 Å². The van der Waals surface area contributed by atoms with Crippen LogP contribution in [0.3, 0.4) is 0 Å². The second-order valence-electron chi connectivity index (χ2n) is 11.7. The Morgan fingerprint density at radius 3 is 2.16 bits per heavy atom. The van der Waals surface area contributed by atoms with Crippen molar-refractivity contribution in [3.05, 3.63) is 0 Å². The molecule has 38 heavy (non-hydrogen) atoms. The summed E-state index contributed by atoms with van der Waals surface area (Å²) in [4.78, 5) is 37.7. The molecule has 0 aliphatic rings. The van der Waals surface area contributed by atoms with Crippen molar-refractivity contribution in [2.24, 2.45) is 10.8 Å². The van der Waals surface area contributed by atoms with Gasteiger partial charge in [0.25, 0.3) is 0 Å². The minimum Gasteiger partial charge on any atom is -0.463 e. The first-order valence-corrected chi connectivity index (χ1v) is 15.6. The fourth-order valence-electron chi connectivity index (χ4n) is 4.22. The van der Waals surface area contributed by atoms with Gasteiger partial charge in [-0.15, -0.1) is 0 Å². The summed E-state index contributed by atoms with van der Waals surface area (Å²) in [6, 6.07) is 0. The molecule has 1 amide bonds. The number of amides is 1. The smallest absolute Gasteiger partial charge is 0.316 e. The molecule has 0 aromatic heterocycles. The number of nitrogens with one attached hydrogen (secondary N) is 1. The molecule has 0 heterocycles. The minimum atomic E-state index is -4.17. The monoisotopic (exact) mass is 583 g/mol. The Bertz CT molecular complexity index is 861. The molecule has 0 spiro atoms. The van der Waals surface area contributed by atoms with Crippen molar-refractivity contribution < 1.29 is 41.3 Å². The van der Waals surface area contributed by atoms with E-state index in [0.717, 1.165) is 32.1 Å². The number of likely N-dealkylation sites (N-methyl/N-ethyl adjacent to an activating group) is 1. The topological polar surface area (TPSA) is 136 Å². The van der Waals surface area contributed by atoms with Gasteiger partial charge in [-0.05, 0) is 52.9 Å². The number of hydrogen-bond donors (Lipinski definition) is 3. The molecule has 0 fully saturated rings. The fraction of sp³-hybridized carbons (Fsp3) is 0.885. The Labute approximate surface area is 235 Å². The highest BCUT2D eigenvalue weighted by atomic mass is 32.2. The van der Waals surface area contributed by atoms with Crippen LogP contribution in [0.4, 0.5) is 0 Å². The third kappa shape index (κ3) is 15.9. The number of quaternary nitrogens is 1. The molecule has 224 valence electrons. The van der Waals surface area contributed by atoms with Crippen LogP contribution in [-0.2, 0) is 34.0 Å². The van der Waals surface area contributed by atoms with Gasteiger partial charge in [-0.3, -0.25) is 18.9 Å². The molecule has 0 saturated heterocycles. The van der Waals surface area contributed by atoms with Crippen LogP contribution in [-0.4, -0.2) is 86.8 Å². The number of hydrogen-bond acceptors (Lipinski definition) is 8. The molecule has 0 aromatic carbocycles. The van der Waals surface area contributed by atoms with E-state index in [9.17, 15) is 22.8 Å². The zero-order valence-electron chi connectivity index (χ0n) is 24.4. The summed E-state index contributed by atoms with van der Waals surface area (Å²) in [6.45, 7) is 9.50. The molecule has 12 heteroatoms. The maximum atomic E-state index is 12.9. The quantitative estimate of drug-likeness (QED) is 0.0650. The normalized spacial score (nSPS) is 14.9. The highest BCUT2D eigenvalue weighted by Crippen LogP contribution is 2.38. The Morgan fingerprint density at radius 2 is 1.61 bits per heavy atom. The Morgan fingerprint density at radius 1 is 1.00 bits per heavy atom. The van der Waals surface area contributed by atoms with Gasteiger partial charge in [-0.25, -0.2) is 0 Å². The highest BCUT2D eigenvalue weighted by molar-refractivity contribution is 7.85. The number of carbonyl (C=O) groups is 3. The van der Waals surface area contributed by atoms with Crippen LogP contribution in [0.5, 0.6) is 0 Å². The van der Waals surface area contributed by atoms with Crippen molar-refractivity contribution >= 4 is 40.6 Å². The zero-order chi connectivity index (χ0) is 29.6. The van der Waals surface area contributed by atoms with Crippen LogP contribution >= 0.6 is 12.6 Å². The molecule has 2 N–H and O–H groups in total. The molecule has 0 aliphatic heterocycles. The van der Waals surface area contributed by atoms with Crippen molar-refractivity contribution in [1.82, 2.24) is 5.32 Å². The number of nitrogens with zero attached hydrogens (tertiary/aromatic N) is 1. The van der Waals surface area contributed by atoms with Crippen LogP contribution in [0.2, 0.25) is 0 Å². The van der Waals surface area contributed by atoms with Gasteiger partial charge >= 0.3 is 22.1 Å². The van der Waals surface area contributed by atoms with E-state index in [2.05, 4.69) is 24.9 Å². The van der Waals surface area contributed by atoms with Gasteiger partial charge in [0.1, 0.15) is 19.8 Å². The van der Waals surface area contributed by atoms with E-state index < -0.39 is 38.8 Å². The standard InChI is InChI=1S/C26H50N2O8S2/c1-8-12-21(37)13-10-11-14-22(29)27-15-17-35-24(31)26(5,9-2)19-25(3,4)23(30)36-18-16-28(6,7)20-38(32,33)34/h21H,8-20H2,1-7H3,(H2-,27,29,32,33,34,37)/p+1. The molecule has 0 rings (SSSR count). The summed E-state index contributed by atoms with van der Waals surface area (Å²) in [5, 5.41) is 3.15. The van der Waals surface area contributed by atoms with E-state index in [1.54, 1.807) is 34.9 Å². The van der Waals surface area contributed by atoms with E-state index in [-0.39, 0.29) is 43.1 Å². The summed E-state index contributed by atoms with van der Waals surface area (Å²) in [6.07, 6.45) is 5.97. The van der Waals surface area contributed by atoms with E-state index >= 15 is 0 Å². The lowest BCUT2D eigenvalue weighted by atomic mass is 9.72. The van der Waals surface area contributed by atoms with Crippen LogP contribution in [0.1, 0.15) is 86.0 Å². The lowest BCUT2D eigenvalue weighted by Crippen LogP contribution is -2.46. The fourth-order valence-corrected chi connectivity index (χ4v) is 5.67. The molecule has 2 atom stereocenters. The summed E-state index contributed by atoms with van der Waals surface area (Å²) in [5.41, 5.74) is -1.93. The summed E-state index contributed by atoms with van der Waals surface area (Å²) in [7, 11) is -0.963. The molecular formula is C26H51N2O8S2+. The number of thiol groups is 1. The van der Waals surface area contributed by atoms with Crippen LogP contribution < -0.4 is 5.32 Å². The van der Waals surface area contributed by atoms with Gasteiger partial charge in [0.2, 0.25) is 11.8 Å². The first-order chi connectivity index (χ1) is 17.4. The van der Waals surface area contributed by atoms with Gasteiger partial charge in [0, 0.05) is 11.7 Å². The van der Waals surface area contributed by atoms with Crippen LogP contribution in [0, 0.1) is 10.8 Å². The first-order valence-electron chi connectivity index (χ1n) is 13.4. The van der Waals surface area contributed by atoms with Gasteiger partial charge in [-0.1, -0.05) is 26.7 Å². The maximum absolute atomic E-state index is 12.9. The van der Waals surface area contributed by atoms with E-state index in [1.807, 2.05) is 6.92 Å². The van der Waals surface area contributed by atoms with Gasteiger partial charge in [0.05, 0.1) is 31.5 Å². The van der Waals surface area contributed by atoms with Gasteiger partial charge < -0.3 is 19.3 Å². The van der Waals surface area contributed by atoms with Crippen molar-refractivity contribution in [2.45, 2.75) is 91.2 Å². The molecule has 0 bridgehead atoms.